The number of anilines is 1. The third-order valence-corrected chi connectivity index (χ3v) is 4.00. The van der Waals surface area contributed by atoms with Crippen LogP contribution in [0, 0.1) is 0 Å². The first-order chi connectivity index (χ1) is 11.7. The van der Waals surface area contributed by atoms with Crippen LogP contribution >= 0.6 is 24.0 Å². The highest BCUT2D eigenvalue weighted by atomic mass is 127. The van der Waals surface area contributed by atoms with E-state index < -0.39 is 22.9 Å². The lowest BCUT2D eigenvalue weighted by Gasteiger charge is -2.14. The molecule has 3 N–H and O–H groups in total. The van der Waals surface area contributed by atoms with Crippen LogP contribution < -0.4 is 15.8 Å². The lowest BCUT2D eigenvalue weighted by Crippen LogP contribution is -2.24. The predicted octanol–water partition coefficient (Wildman–Crippen LogP) is 3.87. The van der Waals surface area contributed by atoms with Crippen LogP contribution in [-0.2, 0) is 17.3 Å². The first kappa shape index (κ1) is 22.2. The molecule has 2 rings (SSSR count). The van der Waals surface area contributed by atoms with Crippen LogP contribution in [0.25, 0.3) is 0 Å². The Labute approximate surface area is 168 Å². The van der Waals surface area contributed by atoms with Crippen molar-refractivity contribution in [3.05, 3.63) is 54.1 Å². The van der Waals surface area contributed by atoms with E-state index in [1.54, 1.807) is 36.6 Å². The van der Waals surface area contributed by atoms with Gasteiger partial charge in [-0.2, -0.15) is 0 Å². The van der Waals surface area contributed by atoms with Crippen LogP contribution in [0.1, 0.15) is 5.56 Å². The molecule has 1 atom stereocenters. The number of para-hydroxylation sites is 2. The molecule has 5 nitrogen and oxygen atoms in total. The van der Waals surface area contributed by atoms with Crippen LogP contribution in [0.4, 0.5) is 18.9 Å². The number of halogens is 4. The summed E-state index contributed by atoms with van der Waals surface area (Å²) < 4.78 is 52.4. The molecule has 0 bridgehead atoms. The minimum atomic E-state index is -4.80. The number of hydrogen-bond acceptors (Lipinski definition) is 3. The van der Waals surface area contributed by atoms with Crippen LogP contribution in [0.15, 0.2) is 58.4 Å². The Bertz CT molecular complexity index is 783. The smallest absolute Gasteiger partial charge is 0.404 e. The summed E-state index contributed by atoms with van der Waals surface area (Å²) in [6.45, 7) is 0.220. The summed E-state index contributed by atoms with van der Waals surface area (Å²) in [5.41, 5.74) is 6.59. The van der Waals surface area contributed by atoms with Gasteiger partial charge in [0.15, 0.2) is 11.7 Å². The molecule has 0 saturated heterocycles. The van der Waals surface area contributed by atoms with Crippen molar-refractivity contribution in [1.29, 1.82) is 0 Å². The summed E-state index contributed by atoms with van der Waals surface area (Å²) >= 11 is 0. The second kappa shape index (κ2) is 9.76. The number of nitrogens with two attached hydrogens (primary N) is 1. The van der Waals surface area contributed by atoms with Gasteiger partial charge in [0.2, 0.25) is 0 Å². The Balaban J connectivity index is 0.00000338. The van der Waals surface area contributed by atoms with Crippen LogP contribution in [-0.4, -0.2) is 22.8 Å². The zero-order valence-electron chi connectivity index (χ0n) is 13.6. The number of hydrogen-bond donors (Lipinski definition) is 2. The molecule has 0 fully saturated rings. The highest BCUT2D eigenvalue weighted by molar-refractivity contribution is 14.0. The number of alkyl halides is 3. The largest absolute Gasteiger partial charge is 0.573 e. The Morgan fingerprint density at radius 2 is 1.81 bits per heavy atom. The summed E-state index contributed by atoms with van der Waals surface area (Å²) in [6, 6.07) is 12.5. The van der Waals surface area contributed by atoms with Gasteiger partial charge in [-0.1, -0.05) is 24.3 Å². The maximum absolute atomic E-state index is 12.4. The van der Waals surface area contributed by atoms with Gasteiger partial charge < -0.3 is 15.8 Å². The van der Waals surface area contributed by atoms with Gasteiger partial charge >= 0.3 is 6.36 Å². The molecule has 2 aromatic carbocycles. The zero-order chi connectivity index (χ0) is 18.4. The number of guanidine groups is 1. The minimum Gasteiger partial charge on any atom is -0.404 e. The molecule has 0 aliphatic carbocycles. The topological polar surface area (TPSA) is 76.7 Å². The summed E-state index contributed by atoms with van der Waals surface area (Å²) in [5.74, 6) is -0.454. The van der Waals surface area contributed by atoms with Crippen molar-refractivity contribution in [2.45, 2.75) is 17.8 Å². The van der Waals surface area contributed by atoms with E-state index in [1.807, 2.05) is 0 Å². The maximum Gasteiger partial charge on any atom is 0.573 e. The van der Waals surface area contributed by atoms with Gasteiger partial charge in [0.1, 0.15) is 0 Å². The number of nitrogens with one attached hydrogen (secondary N) is 1. The summed E-state index contributed by atoms with van der Waals surface area (Å²) in [4.78, 5) is 4.76. The van der Waals surface area contributed by atoms with E-state index in [0.717, 1.165) is 5.56 Å². The van der Waals surface area contributed by atoms with E-state index >= 15 is 0 Å². The van der Waals surface area contributed by atoms with Crippen molar-refractivity contribution in [2.75, 3.05) is 11.6 Å². The molecule has 0 amide bonds. The van der Waals surface area contributed by atoms with E-state index in [9.17, 15) is 17.4 Å². The van der Waals surface area contributed by atoms with E-state index in [0.29, 0.717) is 4.90 Å². The lowest BCUT2D eigenvalue weighted by molar-refractivity contribution is -0.274. The Morgan fingerprint density at radius 3 is 2.38 bits per heavy atom. The van der Waals surface area contributed by atoms with Gasteiger partial charge in [-0.15, -0.1) is 37.1 Å². The average Bonchev–Trinajstić information content (AvgIpc) is 2.54. The average molecular weight is 499 g/mol. The van der Waals surface area contributed by atoms with Crippen LogP contribution in [0.2, 0.25) is 0 Å². The van der Waals surface area contributed by atoms with Crippen molar-refractivity contribution < 1.29 is 22.1 Å². The van der Waals surface area contributed by atoms with Gasteiger partial charge in [0, 0.05) is 22.0 Å². The summed E-state index contributed by atoms with van der Waals surface area (Å²) in [5, 5.41) is 2.59. The molecule has 10 heteroatoms. The molecule has 1 unspecified atom stereocenters. The quantitative estimate of drug-likeness (QED) is 0.372. The number of nitrogens with zero attached hydrogens (tertiary/aromatic N) is 1. The van der Waals surface area contributed by atoms with E-state index in [4.69, 9.17) is 5.73 Å². The van der Waals surface area contributed by atoms with Crippen molar-refractivity contribution >= 4 is 46.4 Å². The minimum absolute atomic E-state index is 0. The first-order valence-corrected chi connectivity index (χ1v) is 8.64. The van der Waals surface area contributed by atoms with Crippen LogP contribution in [0.3, 0.4) is 0 Å². The molecule has 0 radical (unpaired) electrons. The Kier molecular flexibility index (Phi) is 8.34. The highest BCUT2D eigenvalue weighted by Crippen LogP contribution is 2.29. The van der Waals surface area contributed by atoms with Crippen LogP contribution in [0.5, 0.6) is 5.75 Å². The van der Waals surface area contributed by atoms with E-state index in [-0.39, 0.29) is 42.2 Å². The molecule has 0 aromatic heterocycles. The van der Waals surface area contributed by atoms with Crippen molar-refractivity contribution in [3.8, 4) is 5.75 Å². The SMILES string of the molecule is CS(=O)c1ccc(CN=C(N)Nc2ccccc2OC(F)(F)F)cc1.I. The first-order valence-electron chi connectivity index (χ1n) is 7.09. The second-order valence-corrected chi connectivity index (χ2v) is 6.35. The van der Waals surface area contributed by atoms with Gasteiger partial charge in [0.25, 0.3) is 0 Å². The van der Waals surface area contributed by atoms with Crippen molar-refractivity contribution in [2.24, 2.45) is 10.7 Å². The van der Waals surface area contributed by atoms with Gasteiger partial charge in [-0.3, -0.25) is 4.21 Å². The van der Waals surface area contributed by atoms with Crippen molar-refractivity contribution in [3.63, 3.8) is 0 Å². The van der Waals surface area contributed by atoms with Gasteiger partial charge in [0.05, 0.1) is 12.2 Å². The van der Waals surface area contributed by atoms with Gasteiger partial charge in [-0.05, 0) is 29.8 Å². The molecule has 2 aromatic rings. The number of benzene rings is 2. The van der Waals surface area contributed by atoms with E-state index in [1.165, 1.54) is 18.2 Å². The summed E-state index contributed by atoms with van der Waals surface area (Å²) in [7, 11) is -1.07. The zero-order valence-corrected chi connectivity index (χ0v) is 16.8. The normalized spacial score (nSPS) is 12.8. The summed E-state index contributed by atoms with van der Waals surface area (Å²) in [6.07, 6.45) is -3.22. The fraction of sp³-hybridized carbons (Fsp3) is 0.188. The van der Waals surface area contributed by atoms with Gasteiger partial charge in [-0.25, -0.2) is 4.99 Å². The maximum atomic E-state index is 12.4. The standard InChI is InChI=1S/C16H16F3N3O2S.HI/c1-25(23)12-8-6-11(7-9-12)10-21-15(20)22-13-4-2-3-5-14(13)24-16(17,18)19;/h2-9H,10H2,1H3,(H3,20,21,22);1H. The molecule has 26 heavy (non-hydrogen) atoms. The molecular formula is C16H17F3IN3O2S. The highest BCUT2D eigenvalue weighted by Gasteiger charge is 2.32. The second-order valence-electron chi connectivity index (χ2n) is 4.97. The van der Waals surface area contributed by atoms with E-state index in [2.05, 4.69) is 15.0 Å². The number of rotatable bonds is 5. The fourth-order valence-electron chi connectivity index (χ4n) is 1.92. The third-order valence-electron chi connectivity index (χ3n) is 3.06. The Hall–Kier alpha value is -1.82. The molecule has 0 aliphatic rings. The predicted molar refractivity (Wildman–Crippen MR) is 106 cm³/mol. The molecule has 142 valence electrons. The molecule has 0 saturated carbocycles. The Morgan fingerprint density at radius 1 is 1.19 bits per heavy atom. The molecule has 0 heterocycles. The fourth-order valence-corrected chi connectivity index (χ4v) is 2.44. The third kappa shape index (κ3) is 7.20. The van der Waals surface area contributed by atoms with Crippen molar-refractivity contribution in [1.82, 2.24) is 0 Å². The number of ether oxygens (including phenoxy) is 1. The molecular weight excluding hydrogens is 482 g/mol. The molecule has 0 aliphatic heterocycles. The molecule has 0 spiro atoms. The lowest BCUT2D eigenvalue weighted by atomic mass is 10.2. The number of aliphatic imine (C=N–C) groups is 1. The monoisotopic (exact) mass is 499 g/mol.